The largest absolute Gasteiger partial charge is 0.205 e. The quantitative estimate of drug-likeness (QED) is 0.469. The molecule has 0 aliphatic carbocycles. The van der Waals surface area contributed by atoms with Crippen molar-refractivity contribution < 1.29 is 4.39 Å². The summed E-state index contributed by atoms with van der Waals surface area (Å²) in [5.41, 5.74) is 2.91. The molecule has 0 amide bonds. The summed E-state index contributed by atoms with van der Waals surface area (Å²) in [5.74, 6) is 5.58. The van der Waals surface area contributed by atoms with Gasteiger partial charge in [-0.3, -0.25) is 0 Å². The summed E-state index contributed by atoms with van der Waals surface area (Å²) in [7, 11) is 0. The van der Waals surface area contributed by atoms with E-state index in [-0.39, 0.29) is 5.02 Å². The molecule has 114 valence electrons. The molecule has 2 aromatic rings. The molecule has 0 aromatic heterocycles. The first kappa shape index (κ1) is 16.6. The van der Waals surface area contributed by atoms with E-state index < -0.39 is 5.82 Å². The standard InChI is InChI=1S/C20H20ClF/c1-2-3-4-5-6-16-7-9-17(10-8-16)11-12-18-13-14-19(21)20(22)15-18/h7-10,13-15H,2-6H2,1H3. The number of aryl methyl sites for hydroxylation is 1. The molecule has 22 heavy (non-hydrogen) atoms. The van der Waals surface area contributed by atoms with Crippen molar-refractivity contribution >= 4 is 11.6 Å². The molecule has 0 atom stereocenters. The molecule has 0 N–H and O–H groups in total. The second-order valence-electron chi connectivity index (χ2n) is 5.39. The third kappa shape index (κ3) is 5.20. The van der Waals surface area contributed by atoms with Crippen LogP contribution >= 0.6 is 11.6 Å². The van der Waals surface area contributed by atoms with Gasteiger partial charge in [-0.05, 0) is 48.7 Å². The summed E-state index contributed by atoms with van der Waals surface area (Å²) in [5, 5.41) is 0.123. The minimum absolute atomic E-state index is 0.123. The molecule has 0 aliphatic rings. The Morgan fingerprint density at radius 2 is 1.59 bits per heavy atom. The van der Waals surface area contributed by atoms with Gasteiger partial charge in [0.05, 0.1) is 5.02 Å². The van der Waals surface area contributed by atoms with Crippen LogP contribution in [-0.4, -0.2) is 0 Å². The molecule has 0 nitrogen and oxygen atoms in total. The third-order valence-corrected chi connectivity index (χ3v) is 3.85. The Hall–Kier alpha value is -1.78. The predicted molar refractivity (Wildman–Crippen MR) is 91.7 cm³/mol. The molecule has 0 spiro atoms. The van der Waals surface area contributed by atoms with Gasteiger partial charge in [-0.15, -0.1) is 0 Å². The zero-order valence-corrected chi connectivity index (χ0v) is 13.6. The molecule has 2 aromatic carbocycles. The summed E-state index contributed by atoms with van der Waals surface area (Å²) in [4.78, 5) is 0. The summed E-state index contributed by atoms with van der Waals surface area (Å²) in [6.45, 7) is 2.22. The van der Waals surface area contributed by atoms with Crippen molar-refractivity contribution in [2.24, 2.45) is 0 Å². The van der Waals surface area contributed by atoms with Crippen LogP contribution < -0.4 is 0 Å². The van der Waals surface area contributed by atoms with Crippen molar-refractivity contribution in [1.82, 2.24) is 0 Å². The van der Waals surface area contributed by atoms with E-state index >= 15 is 0 Å². The van der Waals surface area contributed by atoms with Crippen molar-refractivity contribution in [1.29, 1.82) is 0 Å². The van der Waals surface area contributed by atoms with Crippen LogP contribution in [0, 0.1) is 17.7 Å². The Bertz CT molecular complexity index is 662. The van der Waals surface area contributed by atoms with E-state index in [2.05, 4.69) is 30.9 Å². The van der Waals surface area contributed by atoms with Crippen LogP contribution in [0.25, 0.3) is 0 Å². The van der Waals surface area contributed by atoms with Gasteiger partial charge in [-0.25, -0.2) is 4.39 Å². The van der Waals surface area contributed by atoms with Crippen LogP contribution in [0.3, 0.4) is 0 Å². The Kier molecular flexibility index (Phi) is 6.49. The number of halogens is 2. The minimum Gasteiger partial charge on any atom is -0.205 e. The first-order chi connectivity index (χ1) is 10.7. The van der Waals surface area contributed by atoms with Gasteiger partial charge in [0.15, 0.2) is 0 Å². The first-order valence-corrected chi connectivity index (χ1v) is 8.13. The summed E-state index contributed by atoms with van der Waals surface area (Å²) >= 11 is 5.65. The van der Waals surface area contributed by atoms with Crippen LogP contribution in [0.2, 0.25) is 5.02 Å². The topological polar surface area (TPSA) is 0 Å². The van der Waals surface area contributed by atoms with Crippen molar-refractivity contribution in [3.8, 4) is 11.8 Å². The monoisotopic (exact) mass is 314 g/mol. The molecular formula is C20H20ClF. The maximum absolute atomic E-state index is 13.3. The van der Waals surface area contributed by atoms with Crippen LogP contribution in [0.1, 0.15) is 49.3 Å². The Morgan fingerprint density at radius 3 is 2.27 bits per heavy atom. The lowest BCUT2D eigenvalue weighted by atomic mass is 10.0. The number of hydrogen-bond acceptors (Lipinski definition) is 0. The lowest BCUT2D eigenvalue weighted by molar-refractivity contribution is 0.628. The van der Waals surface area contributed by atoms with E-state index in [4.69, 9.17) is 11.6 Å². The molecule has 0 heterocycles. The van der Waals surface area contributed by atoms with Crippen LogP contribution in [0.4, 0.5) is 4.39 Å². The van der Waals surface area contributed by atoms with Gasteiger partial charge in [0.25, 0.3) is 0 Å². The number of unbranched alkanes of at least 4 members (excludes halogenated alkanes) is 3. The molecule has 0 unspecified atom stereocenters. The van der Waals surface area contributed by atoms with Gasteiger partial charge in [0.2, 0.25) is 0 Å². The van der Waals surface area contributed by atoms with E-state index in [0.29, 0.717) is 5.56 Å². The van der Waals surface area contributed by atoms with Crippen molar-refractivity contribution in [2.45, 2.75) is 39.0 Å². The van der Waals surface area contributed by atoms with Gasteiger partial charge < -0.3 is 0 Å². The maximum Gasteiger partial charge on any atom is 0.143 e. The van der Waals surface area contributed by atoms with Gasteiger partial charge in [-0.2, -0.15) is 0 Å². The maximum atomic E-state index is 13.3. The van der Waals surface area contributed by atoms with Gasteiger partial charge in [0.1, 0.15) is 5.82 Å². The third-order valence-electron chi connectivity index (χ3n) is 3.54. The molecular weight excluding hydrogens is 295 g/mol. The van der Waals surface area contributed by atoms with E-state index in [1.807, 2.05) is 12.1 Å². The van der Waals surface area contributed by atoms with Gasteiger partial charge >= 0.3 is 0 Å². The normalized spacial score (nSPS) is 10.1. The number of hydrogen-bond donors (Lipinski definition) is 0. The molecule has 0 radical (unpaired) electrons. The number of benzene rings is 2. The van der Waals surface area contributed by atoms with E-state index in [1.165, 1.54) is 43.4 Å². The Labute approximate surface area is 137 Å². The van der Waals surface area contributed by atoms with Crippen molar-refractivity contribution in [3.05, 3.63) is 70.0 Å². The fourth-order valence-corrected chi connectivity index (χ4v) is 2.35. The zero-order valence-electron chi connectivity index (χ0n) is 12.8. The molecule has 0 aliphatic heterocycles. The van der Waals surface area contributed by atoms with Gasteiger partial charge in [-0.1, -0.05) is 61.8 Å². The SMILES string of the molecule is CCCCCCc1ccc(C#Cc2ccc(Cl)c(F)c2)cc1. The van der Waals surface area contributed by atoms with Crippen molar-refractivity contribution in [3.63, 3.8) is 0 Å². The van der Waals surface area contributed by atoms with E-state index in [9.17, 15) is 4.39 Å². The highest BCUT2D eigenvalue weighted by Gasteiger charge is 1.98. The average molecular weight is 315 g/mol. The van der Waals surface area contributed by atoms with Crippen LogP contribution in [0.5, 0.6) is 0 Å². The highest BCUT2D eigenvalue weighted by atomic mass is 35.5. The molecule has 0 bridgehead atoms. The summed E-state index contributed by atoms with van der Waals surface area (Å²) < 4.78 is 13.3. The highest BCUT2D eigenvalue weighted by Crippen LogP contribution is 2.15. The lowest BCUT2D eigenvalue weighted by Gasteiger charge is -2.01. The lowest BCUT2D eigenvalue weighted by Crippen LogP contribution is -1.86. The molecule has 2 rings (SSSR count). The molecule has 2 heteroatoms. The van der Waals surface area contributed by atoms with E-state index in [0.717, 1.165) is 12.0 Å². The fourth-order valence-electron chi connectivity index (χ4n) is 2.23. The number of rotatable bonds is 5. The Morgan fingerprint density at radius 1 is 0.909 bits per heavy atom. The second kappa shape index (κ2) is 8.61. The Balaban J connectivity index is 1.96. The second-order valence-corrected chi connectivity index (χ2v) is 5.79. The minimum atomic E-state index is -0.434. The predicted octanol–water partition coefficient (Wildman–Crippen LogP) is 6.00. The molecule has 0 fully saturated rings. The smallest absolute Gasteiger partial charge is 0.143 e. The summed E-state index contributed by atoms with van der Waals surface area (Å²) in [6, 6.07) is 12.9. The first-order valence-electron chi connectivity index (χ1n) is 7.75. The van der Waals surface area contributed by atoms with Crippen molar-refractivity contribution in [2.75, 3.05) is 0 Å². The highest BCUT2D eigenvalue weighted by molar-refractivity contribution is 6.30. The fraction of sp³-hybridized carbons (Fsp3) is 0.300. The van der Waals surface area contributed by atoms with Crippen LogP contribution in [0.15, 0.2) is 42.5 Å². The van der Waals surface area contributed by atoms with E-state index in [1.54, 1.807) is 6.07 Å². The van der Waals surface area contributed by atoms with Gasteiger partial charge in [0, 0.05) is 11.1 Å². The van der Waals surface area contributed by atoms with Crippen LogP contribution in [-0.2, 0) is 6.42 Å². The molecule has 0 saturated carbocycles. The zero-order chi connectivity index (χ0) is 15.8. The average Bonchev–Trinajstić information content (AvgIpc) is 2.54. The molecule has 0 saturated heterocycles. The summed E-state index contributed by atoms with van der Waals surface area (Å²) in [6.07, 6.45) is 6.22.